The summed E-state index contributed by atoms with van der Waals surface area (Å²) in [6.45, 7) is 0. The zero-order chi connectivity index (χ0) is 24.3. The summed E-state index contributed by atoms with van der Waals surface area (Å²) in [7, 11) is 0. The van der Waals surface area contributed by atoms with Crippen LogP contribution >= 0.6 is 11.6 Å². The molecule has 0 aliphatic carbocycles. The molecule has 2 aromatic carbocycles. The first-order valence-electron chi connectivity index (χ1n) is 10.0. The van der Waals surface area contributed by atoms with E-state index < -0.39 is 17.8 Å². The number of benzene rings is 2. The third-order valence-electron chi connectivity index (χ3n) is 5.21. The summed E-state index contributed by atoms with van der Waals surface area (Å²) in [5, 5.41) is 11.9. The Labute approximate surface area is 197 Å². The van der Waals surface area contributed by atoms with Gasteiger partial charge in [-0.15, -0.1) is 13.2 Å². The number of rotatable bonds is 6. The van der Waals surface area contributed by atoms with Crippen molar-refractivity contribution in [3.8, 4) is 16.9 Å². The van der Waals surface area contributed by atoms with Crippen LogP contribution in [0.2, 0.25) is 5.02 Å². The van der Waals surface area contributed by atoms with E-state index in [-0.39, 0.29) is 28.5 Å². The van der Waals surface area contributed by atoms with Gasteiger partial charge in [-0.25, -0.2) is 4.39 Å². The quantitative estimate of drug-likeness (QED) is 0.323. The first-order chi connectivity index (χ1) is 16.1. The van der Waals surface area contributed by atoms with Crippen molar-refractivity contribution in [3.05, 3.63) is 113 Å². The Hall–Kier alpha value is -3.49. The maximum Gasteiger partial charge on any atom is 0.573 e. The molecule has 1 atom stereocenters. The van der Waals surface area contributed by atoms with Crippen molar-refractivity contribution in [2.24, 2.45) is 0 Å². The second kappa shape index (κ2) is 9.40. The largest absolute Gasteiger partial charge is 0.573 e. The predicted molar refractivity (Wildman–Crippen MR) is 119 cm³/mol. The first kappa shape index (κ1) is 23.7. The Morgan fingerprint density at radius 2 is 1.65 bits per heavy atom. The van der Waals surface area contributed by atoms with E-state index in [1.54, 1.807) is 30.5 Å². The number of hydrogen-bond acceptors (Lipinski definition) is 4. The van der Waals surface area contributed by atoms with Crippen molar-refractivity contribution in [2.75, 3.05) is 0 Å². The molecule has 2 heterocycles. The van der Waals surface area contributed by atoms with E-state index in [2.05, 4.69) is 14.7 Å². The van der Waals surface area contributed by atoms with Crippen LogP contribution in [0.3, 0.4) is 0 Å². The molecule has 1 unspecified atom stereocenters. The summed E-state index contributed by atoms with van der Waals surface area (Å²) in [5.41, 5.74) is 0.401. The number of halogens is 5. The number of aromatic nitrogens is 2. The van der Waals surface area contributed by atoms with Crippen molar-refractivity contribution in [3.63, 3.8) is 0 Å². The average molecular weight is 489 g/mol. The van der Waals surface area contributed by atoms with E-state index in [1.807, 2.05) is 0 Å². The van der Waals surface area contributed by atoms with Gasteiger partial charge in [-0.1, -0.05) is 41.9 Å². The van der Waals surface area contributed by atoms with Gasteiger partial charge in [0.15, 0.2) is 0 Å². The van der Waals surface area contributed by atoms with E-state index in [0.717, 1.165) is 0 Å². The number of ether oxygens (including phenoxy) is 1. The van der Waals surface area contributed by atoms with Crippen LogP contribution in [-0.4, -0.2) is 21.4 Å². The minimum absolute atomic E-state index is 0.127. The highest BCUT2D eigenvalue weighted by Gasteiger charge is 2.35. The van der Waals surface area contributed by atoms with Gasteiger partial charge in [0.2, 0.25) is 0 Å². The third-order valence-corrected chi connectivity index (χ3v) is 5.44. The molecule has 0 bridgehead atoms. The van der Waals surface area contributed by atoms with Crippen molar-refractivity contribution >= 4 is 11.6 Å². The molecule has 9 heteroatoms. The Kier molecular flexibility index (Phi) is 6.54. The van der Waals surface area contributed by atoms with Gasteiger partial charge in [0.1, 0.15) is 17.2 Å². The maximum atomic E-state index is 14.5. The fourth-order valence-electron chi connectivity index (χ4n) is 3.55. The van der Waals surface area contributed by atoms with E-state index >= 15 is 0 Å². The lowest BCUT2D eigenvalue weighted by Crippen LogP contribution is -2.31. The fraction of sp³-hybridized carbons (Fsp3) is 0.120. The maximum absolute atomic E-state index is 14.5. The molecule has 4 aromatic rings. The van der Waals surface area contributed by atoms with E-state index in [1.165, 1.54) is 54.9 Å². The molecule has 0 spiro atoms. The van der Waals surface area contributed by atoms with E-state index in [0.29, 0.717) is 16.7 Å². The molecule has 0 amide bonds. The average Bonchev–Trinajstić information content (AvgIpc) is 2.81. The topological polar surface area (TPSA) is 55.2 Å². The van der Waals surface area contributed by atoms with Crippen LogP contribution in [-0.2, 0) is 12.0 Å². The molecule has 0 saturated carbocycles. The Morgan fingerprint density at radius 3 is 2.24 bits per heavy atom. The molecule has 4 rings (SSSR count). The van der Waals surface area contributed by atoms with Crippen LogP contribution < -0.4 is 4.74 Å². The summed E-state index contributed by atoms with van der Waals surface area (Å²) in [5.74, 6) is -0.899. The molecule has 4 nitrogen and oxygen atoms in total. The van der Waals surface area contributed by atoms with Crippen molar-refractivity contribution in [1.29, 1.82) is 0 Å². The molecule has 0 fully saturated rings. The molecule has 1 N–H and O–H groups in total. The highest BCUT2D eigenvalue weighted by atomic mass is 35.5. The van der Waals surface area contributed by atoms with Gasteiger partial charge in [-0.05, 0) is 47.5 Å². The molecule has 2 aromatic heterocycles. The lowest BCUT2D eigenvalue weighted by molar-refractivity contribution is -0.274. The van der Waals surface area contributed by atoms with Gasteiger partial charge < -0.3 is 9.84 Å². The van der Waals surface area contributed by atoms with E-state index in [9.17, 15) is 22.7 Å². The lowest BCUT2D eigenvalue weighted by atomic mass is 9.84. The van der Waals surface area contributed by atoms with Gasteiger partial charge in [0.05, 0.1) is 5.69 Å². The Bertz CT molecular complexity index is 1270. The number of aliphatic hydroxyl groups is 1. The van der Waals surface area contributed by atoms with Crippen LogP contribution in [0.25, 0.3) is 11.1 Å². The molecule has 0 aliphatic heterocycles. The second-order valence-electron chi connectivity index (χ2n) is 7.52. The van der Waals surface area contributed by atoms with Crippen molar-refractivity contribution in [1.82, 2.24) is 9.97 Å². The zero-order valence-electron chi connectivity index (χ0n) is 17.4. The molecule has 0 saturated heterocycles. The van der Waals surface area contributed by atoms with Crippen LogP contribution in [0.1, 0.15) is 16.8 Å². The van der Waals surface area contributed by atoms with Gasteiger partial charge in [-0.2, -0.15) is 0 Å². The molecular formula is C25H17ClF4N2O2. The second-order valence-corrected chi connectivity index (χ2v) is 7.96. The number of nitrogens with zero attached hydrogens (tertiary/aromatic N) is 2. The van der Waals surface area contributed by atoms with E-state index in [4.69, 9.17) is 11.6 Å². The zero-order valence-corrected chi connectivity index (χ0v) is 18.2. The fourth-order valence-corrected chi connectivity index (χ4v) is 3.71. The minimum Gasteiger partial charge on any atom is -0.406 e. The SMILES string of the molecule is OC(Cc1ccc(Cl)cc1F)(c1cccnc1)c1ccc(-c2ccc(OC(F)(F)F)cc2)cn1. The molecule has 0 aliphatic rings. The summed E-state index contributed by atoms with van der Waals surface area (Å²) in [6.07, 6.45) is -0.394. The first-order valence-corrected chi connectivity index (χ1v) is 10.4. The Morgan fingerprint density at radius 1 is 0.912 bits per heavy atom. The minimum atomic E-state index is -4.77. The summed E-state index contributed by atoms with van der Waals surface area (Å²) in [4.78, 5) is 8.45. The number of alkyl halides is 3. The van der Waals surface area contributed by atoms with Gasteiger partial charge >= 0.3 is 6.36 Å². The van der Waals surface area contributed by atoms with Crippen LogP contribution in [0.15, 0.2) is 85.3 Å². The standard InChI is InChI=1S/C25H17ClF4N2O2/c26-20-7-3-17(22(27)12-20)13-24(33,19-2-1-11-31-15-19)23-10-6-18(14-32-23)16-4-8-21(9-5-16)34-25(28,29)30/h1-12,14-15,33H,13H2. The lowest BCUT2D eigenvalue weighted by Gasteiger charge is -2.28. The van der Waals surface area contributed by atoms with Gasteiger partial charge in [-0.3, -0.25) is 9.97 Å². The highest BCUT2D eigenvalue weighted by Crippen LogP contribution is 2.34. The predicted octanol–water partition coefficient (Wildman–Crippen LogP) is 6.31. The number of pyridine rings is 2. The number of hydrogen-bond donors (Lipinski definition) is 1. The van der Waals surface area contributed by atoms with Crippen molar-refractivity contribution < 1.29 is 27.4 Å². The summed E-state index contributed by atoms with van der Waals surface area (Å²) < 4.78 is 55.5. The normalized spacial score (nSPS) is 13.4. The van der Waals surface area contributed by atoms with Gasteiger partial charge in [0.25, 0.3) is 0 Å². The monoisotopic (exact) mass is 488 g/mol. The Balaban J connectivity index is 1.66. The highest BCUT2D eigenvalue weighted by molar-refractivity contribution is 6.30. The van der Waals surface area contributed by atoms with Crippen LogP contribution in [0.4, 0.5) is 17.6 Å². The third kappa shape index (κ3) is 5.35. The van der Waals surface area contributed by atoms with Crippen LogP contribution in [0, 0.1) is 5.82 Å². The molecular weight excluding hydrogens is 472 g/mol. The summed E-state index contributed by atoms with van der Waals surface area (Å²) >= 11 is 5.85. The summed E-state index contributed by atoms with van der Waals surface area (Å²) in [6, 6.07) is 16.1. The molecule has 174 valence electrons. The van der Waals surface area contributed by atoms with Crippen molar-refractivity contribution in [2.45, 2.75) is 18.4 Å². The van der Waals surface area contributed by atoms with Gasteiger partial charge in [0, 0.05) is 41.2 Å². The molecule has 0 radical (unpaired) electrons. The smallest absolute Gasteiger partial charge is 0.406 e. The van der Waals surface area contributed by atoms with Crippen LogP contribution in [0.5, 0.6) is 5.75 Å². The molecule has 34 heavy (non-hydrogen) atoms.